The Balaban J connectivity index is 2.20. The van der Waals surface area contributed by atoms with Crippen LogP contribution in [0.5, 0.6) is 5.75 Å². The summed E-state index contributed by atoms with van der Waals surface area (Å²) in [7, 11) is 2.08. The quantitative estimate of drug-likeness (QED) is 0.727. The summed E-state index contributed by atoms with van der Waals surface area (Å²) in [6, 6.07) is 5.84. The number of benzene rings is 1. The van der Waals surface area contributed by atoms with Gasteiger partial charge in [-0.3, -0.25) is 4.90 Å². The Morgan fingerprint density at radius 2 is 2.24 bits per heavy atom. The van der Waals surface area contributed by atoms with Crippen LogP contribution < -0.4 is 5.73 Å². The maximum atomic E-state index is 9.76. The van der Waals surface area contributed by atoms with Crippen molar-refractivity contribution in [3.05, 3.63) is 29.3 Å². The van der Waals surface area contributed by atoms with E-state index in [-0.39, 0.29) is 12.4 Å². The number of hydrogen-bond acceptors (Lipinski definition) is 4. The number of hydrogen-bond donors (Lipinski definition) is 3. The Bertz CT molecular complexity index is 395. The number of nitrogens with zero attached hydrogens (tertiary/aromatic N) is 1. The second-order valence-electron chi connectivity index (χ2n) is 4.84. The molecular formula is C13H20N2O2. The lowest BCUT2D eigenvalue weighted by Gasteiger charge is -2.20. The molecule has 4 heteroatoms. The Kier molecular flexibility index (Phi) is 3.66. The number of aliphatic hydroxyl groups excluding tert-OH is 1. The number of phenols is 1. The number of aromatic hydroxyl groups is 1. The van der Waals surface area contributed by atoms with E-state index in [0.29, 0.717) is 24.1 Å². The van der Waals surface area contributed by atoms with Gasteiger partial charge in [0.25, 0.3) is 0 Å². The number of aliphatic hydroxyl groups is 1. The molecular weight excluding hydrogens is 216 g/mol. The first-order valence-corrected chi connectivity index (χ1v) is 5.98. The van der Waals surface area contributed by atoms with Crippen molar-refractivity contribution in [1.29, 1.82) is 0 Å². The van der Waals surface area contributed by atoms with E-state index in [4.69, 9.17) is 10.8 Å². The van der Waals surface area contributed by atoms with E-state index in [2.05, 4.69) is 11.9 Å². The van der Waals surface area contributed by atoms with Gasteiger partial charge in [-0.05, 0) is 37.6 Å². The highest BCUT2D eigenvalue weighted by molar-refractivity contribution is 5.37. The third-order valence-corrected chi connectivity index (χ3v) is 3.63. The van der Waals surface area contributed by atoms with Crippen molar-refractivity contribution in [3.8, 4) is 5.75 Å². The molecule has 1 aliphatic rings. The van der Waals surface area contributed by atoms with Crippen molar-refractivity contribution in [1.82, 2.24) is 4.90 Å². The zero-order valence-corrected chi connectivity index (χ0v) is 10.1. The normalized spacial score (nSPS) is 25.4. The first-order chi connectivity index (χ1) is 8.15. The highest BCUT2D eigenvalue weighted by atomic mass is 16.3. The zero-order valence-electron chi connectivity index (χ0n) is 10.1. The molecule has 2 unspecified atom stereocenters. The molecule has 1 aromatic rings. The minimum Gasteiger partial charge on any atom is -0.508 e. The van der Waals surface area contributed by atoms with Crippen molar-refractivity contribution >= 4 is 0 Å². The van der Waals surface area contributed by atoms with E-state index in [1.54, 1.807) is 12.1 Å². The van der Waals surface area contributed by atoms with Crippen LogP contribution in [0.2, 0.25) is 0 Å². The number of likely N-dealkylation sites (tertiary alicyclic amines) is 1. The summed E-state index contributed by atoms with van der Waals surface area (Å²) < 4.78 is 0. The van der Waals surface area contributed by atoms with Gasteiger partial charge in [0.2, 0.25) is 0 Å². The van der Waals surface area contributed by atoms with Crippen molar-refractivity contribution < 1.29 is 10.2 Å². The molecule has 2 atom stereocenters. The summed E-state index contributed by atoms with van der Waals surface area (Å²) in [5.41, 5.74) is 7.37. The van der Waals surface area contributed by atoms with Gasteiger partial charge in [0.1, 0.15) is 5.75 Å². The van der Waals surface area contributed by atoms with Gasteiger partial charge in [-0.2, -0.15) is 0 Å². The van der Waals surface area contributed by atoms with Crippen LogP contribution in [-0.4, -0.2) is 35.3 Å². The molecule has 1 fully saturated rings. The summed E-state index contributed by atoms with van der Waals surface area (Å²) in [6.07, 6.45) is 1.03. The smallest absolute Gasteiger partial charge is 0.121 e. The molecule has 0 aromatic heterocycles. The Hall–Kier alpha value is -1.10. The fourth-order valence-electron chi connectivity index (χ4n) is 2.59. The van der Waals surface area contributed by atoms with Crippen LogP contribution in [-0.2, 0) is 6.61 Å². The molecule has 17 heavy (non-hydrogen) atoms. The molecule has 1 aliphatic heterocycles. The minimum atomic E-state index is -0.127. The molecule has 4 nitrogen and oxygen atoms in total. The SMILES string of the molecule is CN1CC(CN)CC1c1ccc(CO)c(O)c1. The van der Waals surface area contributed by atoms with E-state index in [0.717, 1.165) is 18.5 Å². The first kappa shape index (κ1) is 12.4. The molecule has 1 heterocycles. The number of nitrogens with two attached hydrogens (primary N) is 1. The van der Waals surface area contributed by atoms with Gasteiger partial charge in [0.15, 0.2) is 0 Å². The fourth-order valence-corrected chi connectivity index (χ4v) is 2.59. The summed E-state index contributed by atoms with van der Waals surface area (Å²) >= 11 is 0. The predicted octanol–water partition coefficient (Wildman–Crippen LogP) is 0.836. The zero-order chi connectivity index (χ0) is 12.4. The predicted molar refractivity (Wildman–Crippen MR) is 66.6 cm³/mol. The van der Waals surface area contributed by atoms with Gasteiger partial charge in [-0.25, -0.2) is 0 Å². The molecule has 0 bridgehead atoms. The van der Waals surface area contributed by atoms with E-state index in [9.17, 15) is 5.11 Å². The van der Waals surface area contributed by atoms with Gasteiger partial charge in [0.05, 0.1) is 6.61 Å². The van der Waals surface area contributed by atoms with E-state index in [1.807, 2.05) is 6.07 Å². The van der Waals surface area contributed by atoms with Crippen LogP contribution in [0, 0.1) is 5.92 Å². The van der Waals surface area contributed by atoms with Crippen LogP contribution in [0.4, 0.5) is 0 Å². The van der Waals surface area contributed by atoms with Crippen LogP contribution in [0.3, 0.4) is 0 Å². The van der Waals surface area contributed by atoms with E-state index >= 15 is 0 Å². The molecule has 0 spiro atoms. The molecule has 0 aliphatic carbocycles. The van der Waals surface area contributed by atoms with Gasteiger partial charge in [0, 0.05) is 18.2 Å². The Labute approximate surface area is 102 Å². The second-order valence-corrected chi connectivity index (χ2v) is 4.84. The second kappa shape index (κ2) is 5.04. The van der Waals surface area contributed by atoms with Crippen LogP contribution >= 0.6 is 0 Å². The molecule has 4 N–H and O–H groups in total. The van der Waals surface area contributed by atoms with Crippen LogP contribution in [0.25, 0.3) is 0 Å². The fraction of sp³-hybridized carbons (Fsp3) is 0.538. The average molecular weight is 236 g/mol. The highest BCUT2D eigenvalue weighted by Gasteiger charge is 2.29. The maximum absolute atomic E-state index is 9.76. The largest absolute Gasteiger partial charge is 0.508 e. The minimum absolute atomic E-state index is 0.127. The van der Waals surface area contributed by atoms with Crippen LogP contribution in [0.1, 0.15) is 23.6 Å². The molecule has 0 saturated carbocycles. The van der Waals surface area contributed by atoms with Crippen molar-refractivity contribution in [2.24, 2.45) is 11.7 Å². The molecule has 0 radical (unpaired) electrons. The lowest BCUT2D eigenvalue weighted by Crippen LogP contribution is -2.20. The topological polar surface area (TPSA) is 69.7 Å². The van der Waals surface area contributed by atoms with Crippen molar-refractivity contribution in [2.45, 2.75) is 19.1 Å². The molecule has 0 amide bonds. The molecule has 2 rings (SSSR count). The van der Waals surface area contributed by atoms with E-state index in [1.165, 1.54) is 0 Å². The van der Waals surface area contributed by atoms with Crippen molar-refractivity contribution in [3.63, 3.8) is 0 Å². The van der Waals surface area contributed by atoms with Gasteiger partial charge < -0.3 is 15.9 Å². The molecule has 94 valence electrons. The molecule has 1 saturated heterocycles. The standard InChI is InChI=1S/C13H20N2O2/c1-15-7-9(6-14)4-12(15)10-2-3-11(8-16)13(17)5-10/h2-3,5,9,12,16-17H,4,6-8,14H2,1H3. The average Bonchev–Trinajstić information content (AvgIpc) is 2.70. The lowest BCUT2D eigenvalue weighted by atomic mass is 9.98. The monoisotopic (exact) mass is 236 g/mol. The summed E-state index contributed by atoms with van der Waals surface area (Å²) in [6.45, 7) is 1.59. The Morgan fingerprint density at radius 1 is 1.47 bits per heavy atom. The summed E-state index contributed by atoms with van der Waals surface area (Å²) in [5.74, 6) is 0.708. The third-order valence-electron chi connectivity index (χ3n) is 3.63. The molecule has 1 aromatic carbocycles. The van der Waals surface area contributed by atoms with Crippen LogP contribution in [0.15, 0.2) is 18.2 Å². The van der Waals surface area contributed by atoms with Gasteiger partial charge >= 0.3 is 0 Å². The van der Waals surface area contributed by atoms with Gasteiger partial charge in [-0.1, -0.05) is 12.1 Å². The number of rotatable bonds is 3. The van der Waals surface area contributed by atoms with Crippen molar-refractivity contribution in [2.75, 3.05) is 20.1 Å². The highest BCUT2D eigenvalue weighted by Crippen LogP contribution is 2.35. The van der Waals surface area contributed by atoms with E-state index < -0.39 is 0 Å². The summed E-state index contributed by atoms with van der Waals surface area (Å²) in [5, 5.41) is 18.8. The lowest BCUT2D eigenvalue weighted by molar-refractivity contribution is 0.275. The first-order valence-electron chi connectivity index (χ1n) is 5.98. The summed E-state index contributed by atoms with van der Waals surface area (Å²) in [4.78, 5) is 2.27. The van der Waals surface area contributed by atoms with Gasteiger partial charge in [-0.15, -0.1) is 0 Å². The third kappa shape index (κ3) is 2.44. The maximum Gasteiger partial charge on any atom is 0.121 e. The Morgan fingerprint density at radius 3 is 2.76 bits per heavy atom.